The number of amides is 2. The molecule has 7 heteroatoms. The summed E-state index contributed by atoms with van der Waals surface area (Å²) in [5.41, 5.74) is 4.70. The van der Waals surface area contributed by atoms with Crippen LogP contribution in [0.1, 0.15) is 27.2 Å². The van der Waals surface area contributed by atoms with Gasteiger partial charge in [0.1, 0.15) is 5.60 Å². The maximum atomic E-state index is 11.6. The third kappa shape index (κ3) is 5.44. The van der Waals surface area contributed by atoms with Gasteiger partial charge in [0.25, 0.3) is 0 Å². The number of ether oxygens (including phenoxy) is 1. The van der Waals surface area contributed by atoms with E-state index in [1.165, 1.54) is 4.90 Å². The molecule has 1 rings (SSSR count). The molecule has 1 aliphatic heterocycles. The number of aliphatic hydroxyl groups excluding tert-OH is 1. The van der Waals surface area contributed by atoms with Gasteiger partial charge in [-0.1, -0.05) is 0 Å². The third-order valence-electron chi connectivity index (χ3n) is 2.59. The fraction of sp³-hybridized carbons (Fsp3) is 0.833. The second-order valence-electron chi connectivity index (χ2n) is 5.74. The van der Waals surface area contributed by atoms with E-state index in [4.69, 9.17) is 10.5 Å². The van der Waals surface area contributed by atoms with Crippen LogP contribution >= 0.6 is 0 Å². The molecule has 0 bridgehead atoms. The van der Waals surface area contributed by atoms with Crippen molar-refractivity contribution in [3.8, 4) is 0 Å². The lowest BCUT2D eigenvalue weighted by molar-refractivity contribution is -0.124. The van der Waals surface area contributed by atoms with Crippen molar-refractivity contribution in [1.82, 2.24) is 10.2 Å². The smallest absolute Gasteiger partial charge is 0.410 e. The topological polar surface area (TPSA) is 105 Å². The number of likely N-dealkylation sites (tertiary alicyclic amines) is 1. The Morgan fingerprint density at radius 1 is 1.47 bits per heavy atom. The number of nitrogens with zero attached hydrogens (tertiary/aromatic N) is 1. The van der Waals surface area contributed by atoms with Gasteiger partial charge in [-0.25, -0.2) is 4.79 Å². The highest BCUT2D eigenvalue weighted by molar-refractivity contribution is 5.77. The lowest BCUT2D eigenvalue weighted by atomic mass is 10.1. The van der Waals surface area contributed by atoms with Crippen LogP contribution in [0.5, 0.6) is 0 Å². The van der Waals surface area contributed by atoms with Crippen molar-refractivity contribution >= 4 is 12.0 Å². The van der Waals surface area contributed by atoms with E-state index in [2.05, 4.69) is 5.32 Å². The first-order chi connectivity index (χ1) is 8.71. The molecule has 7 nitrogen and oxygen atoms in total. The summed E-state index contributed by atoms with van der Waals surface area (Å²) in [6.07, 6.45) is -1.21. The molecule has 0 aromatic heterocycles. The van der Waals surface area contributed by atoms with E-state index in [9.17, 15) is 14.7 Å². The summed E-state index contributed by atoms with van der Waals surface area (Å²) in [5, 5.41) is 12.0. The van der Waals surface area contributed by atoms with Crippen molar-refractivity contribution in [2.75, 3.05) is 19.6 Å². The van der Waals surface area contributed by atoms with Crippen LogP contribution in [0.15, 0.2) is 0 Å². The van der Waals surface area contributed by atoms with Gasteiger partial charge in [0.2, 0.25) is 5.91 Å². The van der Waals surface area contributed by atoms with Gasteiger partial charge in [0.15, 0.2) is 0 Å². The summed E-state index contributed by atoms with van der Waals surface area (Å²) in [6, 6.07) is -0.0787. The van der Waals surface area contributed by atoms with E-state index >= 15 is 0 Å². The average Bonchev–Trinajstić information content (AvgIpc) is 2.19. The molecule has 0 radical (unpaired) electrons. The van der Waals surface area contributed by atoms with E-state index in [-0.39, 0.29) is 31.0 Å². The maximum Gasteiger partial charge on any atom is 0.410 e. The number of aliphatic hydroxyl groups is 1. The molecule has 1 unspecified atom stereocenters. The first-order valence-corrected chi connectivity index (χ1v) is 6.36. The van der Waals surface area contributed by atoms with E-state index < -0.39 is 11.7 Å². The quantitative estimate of drug-likeness (QED) is 0.636. The first kappa shape index (κ1) is 15.7. The van der Waals surface area contributed by atoms with Crippen LogP contribution in [0.4, 0.5) is 4.79 Å². The summed E-state index contributed by atoms with van der Waals surface area (Å²) in [6.45, 7) is 6.33. The van der Waals surface area contributed by atoms with Gasteiger partial charge in [-0.15, -0.1) is 0 Å². The number of carbonyl (C=O) groups excluding carboxylic acids is 2. The van der Waals surface area contributed by atoms with Gasteiger partial charge in [-0.3, -0.25) is 4.79 Å². The van der Waals surface area contributed by atoms with Gasteiger partial charge < -0.3 is 25.8 Å². The molecular weight excluding hydrogens is 250 g/mol. The molecule has 110 valence electrons. The highest BCUT2D eigenvalue weighted by Gasteiger charge is 2.34. The fourth-order valence-corrected chi connectivity index (χ4v) is 1.63. The van der Waals surface area contributed by atoms with Crippen molar-refractivity contribution in [1.29, 1.82) is 0 Å². The Kier molecular flexibility index (Phi) is 5.13. The molecular formula is C12H23N3O4. The molecule has 1 fully saturated rings. The fourth-order valence-electron chi connectivity index (χ4n) is 1.63. The van der Waals surface area contributed by atoms with Gasteiger partial charge in [0.05, 0.1) is 18.6 Å². The van der Waals surface area contributed by atoms with Crippen molar-refractivity contribution in [3.63, 3.8) is 0 Å². The van der Waals surface area contributed by atoms with Crippen LogP contribution in [0.2, 0.25) is 0 Å². The minimum atomic E-state index is -0.818. The number of carbonyl (C=O) groups is 2. The van der Waals surface area contributed by atoms with Crippen molar-refractivity contribution in [2.24, 2.45) is 5.73 Å². The highest BCUT2D eigenvalue weighted by Crippen LogP contribution is 2.15. The van der Waals surface area contributed by atoms with Crippen LogP contribution in [-0.4, -0.2) is 59.4 Å². The summed E-state index contributed by atoms with van der Waals surface area (Å²) < 4.78 is 5.19. The number of nitrogens with one attached hydrogen (secondary N) is 1. The molecule has 1 saturated heterocycles. The predicted molar refractivity (Wildman–Crippen MR) is 69.4 cm³/mol. The zero-order chi connectivity index (χ0) is 14.6. The minimum absolute atomic E-state index is 0.0144. The Bertz CT molecular complexity index is 334. The third-order valence-corrected chi connectivity index (χ3v) is 2.59. The molecule has 0 spiro atoms. The standard InChI is InChI=1S/C12H23N3O4/c1-12(2,3)19-11(18)15-6-8(7-15)14-10(17)4-9(16)5-13/h8-9,16H,4-7,13H2,1-3H3,(H,14,17). The second-order valence-corrected chi connectivity index (χ2v) is 5.74. The van der Waals surface area contributed by atoms with Gasteiger partial charge in [-0.05, 0) is 20.8 Å². The van der Waals surface area contributed by atoms with E-state index in [0.29, 0.717) is 13.1 Å². The molecule has 1 atom stereocenters. The first-order valence-electron chi connectivity index (χ1n) is 6.36. The number of hydrogen-bond donors (Lipinski definition) is 3. The maximum absolute atomic E-state index is 11.6. The Morgan fingerprint density at radius 3 is 2.53 bits per heavy atom. The van der Waals surface area contributed by atoms with Gasteiger partial charge >= 0.3 is 6.09 Å². The second kappa shape index (κ2) is 6.21. The predicted octanol–water partition coefficient (Wildman–Crippen LogP) is -0.568. The Hall–Kier alpha value is -1.34. The molecule has 0 aliphatic carbocycles. The van der Waals surface area contributed by atoms with Gasteiger partial charge in [0, 0.05) is 19.6 Å². The normalized spacial score (nSPS) is 17.6. The highest BCUT2D eigenvalue weighted by atomic mass is 16.6. The van der Waals surface area contributed by atoms with Crippen LogP contribution in [0.3, 0.4) is 0 Å². The zero-order valence-corrected chi connectivity index (χ0v) is 11.7. The lowest BCUT2D eigenvalue weighted by Crippen LogP contribution is -2.61. The number of nitrogens with two attached hydrogens (primary N) is 1. The average molecular weight is 273 g/mol. The lowest BCUT2D eigenvalue weighted by Gasteiger charge is -2.40. The molecule has 1 aliphatic rings. The SMILES string of the molecule is CC(C)(C)OC(=O)N1CC(NC(=O)CC(O)CN)C1. The monoisotopic (exact) mass is 273 g/mol. The summed E-state index contributed by atoms with van der Waals surface area (Å²) in [4.78, 5) is 24.6. The van der Waals surface area contributed by atoms with E-state index in [1.54, 1.807) is 20.8 Å². The van der Waals surface area contributed by atoms with Crippen molar-refractivity contribution in [2.45, 2.75) is 44.9 Å². The molecule has 4 N–H and O–H groups in total. The number of hydrogen-bond acceptors (Lipinski definition) is 5. The van der Waals surface area contributed by atoms with E-state index in [0.717, 1.165) is 0 Å². The Balaban J connectivity index is 2.23. The molecule has 2 amide bonds. The van der Waals surface area contributed by atoms with Gasteiger partial charge in [-0.2, -0.15) is 0 Å². The molecule has 19 heavy (non-hydrogen) atoms. The van der Waals surface area contributed by atoms with Crippen LogP contribution in [0, 0.1) is 0 Å². The Labute approximate surface area is 113 Å². The van der Waals surface area contributed by atoms with E-state index in [1.807, 2.05) is 0 Å². The largest absolute Gasteiger partial charge is 0.444 e. The zero-order valence-electron chi connectivity index (χ0n) is 11.7. The van der Waals surface area contributed by atoms with Crippen molar-refractivity contribution in [3.05, 3.63) is 0 Å². The Morgan fingerprint density at radius 2 is 2.05 bits per heavy atom. The number of rotatable bonds is 4. The molecule has 0 aromatic carbocycles. The van der Waals surface area contributed by atoms with Crippen LogP contribution < -0.4 is 11.1 Å². The van der Waals surface area contributed by atoms with Crippen LogP contribution in [-0.2, 0) is 9.53 Å². The summed E-state index contributed by atoms with van der Waals surface area (Å²) in [5.74, 6) is -0.258. The molecule has 0 aromatic rings. The van der Waals surface area contributed by atoms with Crippen LogP contribution in [0.25, 0.3) is 0 Å². The van der Waals surface area contributed by atoms with Crippen molar-refractivity contribution < 1.29 is 19.4 Å². The molecule has 0 saturated carbocycles. The summed E-state index contributed by atoms with van der Waals surface area (Å²) >= 11 is 0. The molecule has 1 heterocycles. The minimum Gasteiger partial charge on any atom is -0.444 e. The summed E-state index contributed by atoms with van der Waals surface area (Å²) in [7, 11) is 0.